The van der Waals surface area contributed by atoms with Gasteiger partial charge in [0.2, 0.25) is 0 Å². The van der Waals surface area contributed by atoms with Crippen LogP contribution in [0.5, 0.6) is 0 Å². The third-order valence-corrected chi connectivity index (χ3v) is 1.13. The first-order chi connectivity index (χ1) is 8.00. The Morgan fingerprint density at radius 2 is 1.00 bits per heavy atom. The lowest BCUT2D eigenvalue weighted by Crippen LogP contribution is -1.67. The van der Waals surface area contributed by atoms with Gasteiger partial charge in [0, 0.05) is 24.8 Å². The molecule has 17 heavy (non-hydrogen) atoms. The Labute approximate surface area is 101 Å². The molecule has 0 aliphatic heterocycles. The second kappa shape index (κ2) is 9.72. The Bertz CT molecular complexity index is 317. The Kier molecular flexibility index (Phi) is 8.87. The first-order valence-corrected chi connectivity index (χ1v) is 6.79. The van der Waals surface area contributed by atoms with Crippen LogP contribution in [-0.4, -0.2) is 27.3 Å². The molecule has 0 unspecified atom stereocenters. The van der Waals surface area contributed by atoms with Gasteiger partial charge in [0.15, 0.2) is 0 Å². The van der Waals surface area contributed by atoms with Crippen LogP contribution in [0.15, 0.2) is 61.2 Å². The van der Waals surface area contributed by atoms with Gasteiger partial charge < -0.3 is 9.79 Å². The summed E-state index contributed by atoms with van der Waals surface area (Å²) in [7, 11) is -2.78. The van der Waals surface area contributed by atoms with Crippen molar-refractivity contribution in [3.8, 4) is 0 Å². The average Bonchev–Trinajstić information content (AvgIpc) is 2.32. The summed E-state index contributed by atoms with van der Waals surface area (Å²) < 4.78 is 9.33. The summed E-state index contributed by atoms with van der Waals surface area (Å²) in [5.41, 5.74) is 0. The van der Waals surface area contributed by atoms with Crippen molar-refractivity contribution in [3.63, 3.8) is 0 Å². The van der Waals surface area contributed by atoms with Crippen molar-refractivity contribution < 1.29 is 14.4 Å². The van der Waals surface area contributed by atoms with Gasteiger partial charge in [-0.1, -0.05) is 12.1 Å². The Balaban J connectivity index is 0.000000228. The molecule has 0 saturated carbocycles. The molecule has 5 nitrogen and oxygen atoms in total. The Morgan fingerprint density at radius 3 is 1.06 bits per heavy atom. The van der Waals surface area contributed by atoms with Crippen molar-refractivity contribution in [2.45, 2.75) is 0 Å². The van der Waals surface area contributed by atoms with Crippen LogP contribution < -0.4 is 0 Å². The highest BCUT2D eigenvalue weighted by molar-refractivity contribution is 7.77. The van der Waals surface area contributed by atoms with Gasteiger partial charge in [-0.05, 0) is 24.3 Å². The Hall–Kier alpha value is -1.49. The molecular weight excluding hydrogens is 238 g/mol. The first-order valence-electron chi connectivity index (χ1n) is 4.73. The molecule has 2 heterocycles. The van der Waals surface area contributed by atoms with Gasteiger partial charge in [-0.25, -0.2) is 0 Å². The molecule has 0 saturated heterocycles. The molecule has 0 fully saturated rings. The monoisotopic (exact) mass is 252 g/mol. The number of hydrogen-bond acceptors (Lipinski definition) is 3. The maximum absolute atomic E-state index is 9.33. The van der Waals surface area contributed by atoms with Crippen molar-refractivity contribution in [1.82, 2.24) is 9.97 Å². The van der Waals surface area contributed by atoms with Crippen LogP contribution in [0.3, 0.4) is 0 Å². The lowest BCUT2D eigenvalue weighted by Gasteiger charge is -1.85. The SMILES string of the molecule is BP(=O)(O)O.c1ccncc1.c1ccncc1. The molecule has 2 aromatic rings. The number of hydrogen-bond donors (Lipinski definition) is 2. The smallest absolute Gasteiger partial charge is 0.265 e. The van der Waals surface area contributed by atoms with E-state index in [1.54, 1.807) is 24.8 Å². The van der Waals surface area contributed by atoms with Crippen LogP contribution in [0.4, 0.5) is 0 Å². The highest BCUT2D eigenvalue weighted by atomic mass is 31.2. The maximum Gasteiger partial charge on any atom is 0.265 e. The van der Waals surface area contributed by atoms with Crippen molar-refractivity contribution >= 4 is 15.0 Å². The largest absolute Gasteiger partial charge is 0.333 e. The van der Waals surface area contributed by atoms with Gasteiger partial charge in [-0.15, -0.1) is 0 Å². The van der Waals surface area contributed by atoms with Gasteiger partial charge >= 0.3 is 0 Å². The predicted octanol–water partition coefficient (Wildman–Crippen LogP) is 0.875. The number of rotatable bonds is 0. The van der Waals surface area contributed by atoms with E-state index in [1.807, 2.05) is 36.4 Å². The van der Waals surface area contributed by atoms with Gasteiger partial charge in [-0.2, -0.15) is 0 Å². The lowest BCUT2D eigenvalue weighted by atomic mass is 10.5. The fraction of sp³-hybridized carbons (Fsp3) is 0. The molecule has 0 atom stereocenters. The molecule has 90 valence electrons. The summed E-state index contributed by atoms with van der Waals surface area (Å²) in [6.07, 6.45) is 7.00. The summed E-state index contributed by atoms with van der Waals surface area (Å²) in [5.74, 6) is 0. The maximum atomic E-state index is 9.33. The van der Waals surface area contributed by atoms with E-state index in [0.717, 1.165) is 7.57 Å². The number of pyridine rings is 2. The fourth-order valence-corrected chi connectivity index (χ4v) is 0.625. The molecule has 2 N–H and O–H groups in total. The highest BCUT2D eigenvalue weighted by Gasteiger charge is 1.95. The number of aromatic nitrogens is 2. The van der Waals surface area contributed by atoms with Crippen LogP contribution >= 0.6 is 7.47 Å². The van der Waals surface area contributed by atoms with Gasteiger partial charge in [0.1, 0.15) is 0 Å². The molecule has 2 rings (SSSR count). The van der Waals surface area contributed by atoms with E-state index >= 15 is 0 Å². The zero-order chi connectivity index (χ0) is 13.0. The average molecular weight is 252 g/mol. The molecule has 0 radical (unpaired) electrons. The van der Waals surface area contributed by atoms with Gasteiger partial charge in [0.25, 0.3) is 15.0 Å². The standard InChI is InChI=1S/2C5H5N.BH4O3P/c2*1-2-4-6-5-3-1;1-5(2,3)4/h2*1-5H;1H2,(H2,2,3,4). The molecule has 0 aromatic carbocycles. The normalized spacial score (nSPS) is 9.06. The summed E-state index contributed by atoms with van der Waals surface area (Å²) in [6, 6.07) is 11.4. The summed E-state index contributed by atoms with van der Waals surface area (Å²) >= 11 is 0. The Morgan fingerprint density at radius 1 is 0.765 bits per heavy atom. The third-order valence-electron chi connectivity index (χ3n) is 1.13. The molecule has 0 aliphatic rings. The summed E-state index contributed by atoms with van der Waals surface area (Å²) in [5, 5.41) is 0. The van der Waals surface area contributed by atoms with Gasteiger partial charge in [-0.3, -0.25) is 14.5 Å². The van der Waals surface area contributed by atoms with Crippen LogP contribution in [-0.2, 0) is 4.57 Å². The first kappa shape index (κ1) is 15.5. The van der Waals surface area contributed by atoms with E-state index in [4.69, 9.17) is 9.79 Å². The summed E-state index contributed by atoms with van der Waals surface area (Å²) in [4.78, 5) is 22.8. The van der Waals surface area contributed by atoms with Crippen LogP contribution in [0.1, 0.15) is 0 Å². The molecule has 0 aliphatic carbocycles. The molecule has 7 heteroatoms. The number of nitrogens with zero attached hydrogens (tertiary/aromatic N) is 2. The van der Waals surface area contributed by atoms with E-state index in [0.29, 0.717) is 0 Å². The molecule has 0 spiro atoms. The quantitative estimate of drug-likeness (QED) is 0.537. The second-order valence-electron chi connectivity index (χ2n) is 2.88. The molecule has 0 bridgehead atoms. The molecular formula is C10H14BN2O3P. The minimum Gasteiger partial charge on any atom is -0.333 e. The van der Waals surface area contributed by atoms with Crippen LogP contribution in [0.25, 0.3) is 0 Å². The minimum absolute atomic E-state index is 0.854. The van der Waals surface area contributed by atoms with Crippen LogP contribution in [0, 0.1) is 0 Å². The van der Waals surface area contributed by atoms with E-state index in [2.05, 4.69) is 9.97 Å². The van der Waals surface area contributed by atoms with E-state index in [-0.39, 0.29) is 0 Å². The van der Waals surface area contributed by atoms with Crippen LogP contribution in [0.2, 0.25) is 0 Å². The zero-order valence-electron chi connectivity index (χ0n) is 9.42. The summed E-state index contributed by atoms with van der Waals surface area (Å²) in [6.45, 7) is 0. The fourth-order valence-electron chi connectivity index (χ4n) is 0.625. The molecule has 2 aromatic heterocycles. The zero-order valence-corrected chi connectivity index (χ0v) is 10.3. The van der Waals surface area contributed by atoms with Crippen molar-refractivity contribution in [1.29, 1.82) is 0 Å². The minimum atomic E-state index is -3.64. The van der Waals surface area contributed by atoms with E-state index < -0.39 is 7.47 Å². The van der Waals surface area contributed by atoms with Crippen molar-refractivity contribution in [3.05, 3.63) is 61.2 Å². The topological polar surface area (TPSA) is 83.3 Å². The highest BCUT2D eigenvalue weighted by Crippen LogP contribution is 2.24. The lowest BCUT2D eigenvalue weighted by molar-refractivity contribution is 0.395. The van der Waals surface area contributed by atoms with E-state index in [9.17, 15) is 4.57 Å². The molecule has 0 amide bonds. The predicted molar refractivity (Wildman–Crippen MR) is 69.1 cm³/mol. The van der Waals surface area contributed by atoms with Crippen molar-refractivity contribution in [2.75, 3.05) is 0 Å². The van der Waals surface area contributed by atoms with Gasteiger partial charge in [0.05, 0.1) is 0 Å². The third kappa shape index (κ3) is 20.6. The van der Waals surface area contributed by atoms with E-state index in [1.165, 1.54) is 0 Å². The van der Waals surface area contributed by atoms with Crippen molar-refractivity contribution in [2.24, 2.45) is 0 Å². The second-order valence-corrected chi connectivity index (χ2v) is 4.56.